The number of hydrogen-bond donors (Lipinski definition) is 2. The molecule has 1 aromatic heterocycles. The largest absolute Gasteiger partial charge is 0.368 e. The first-order valence-corrected chi connectivity index (χ1v) is 6.31. The van der Waals surface area contributed by atoms with Gasteiger partial charge in [-0.25, -0.2) is 4.98 Å². The van der Waals surface area contributed by atoms with Gasteiger partial charge in [-0.15, -0.1) is 0 Å². The Morgan fingerprint density at radius 2 is 2.12 bits per heavy atom. The molecule has 0 spiro atoms. The van der Waals surface area contributed by atoms with Crippen LogP contribution >= 0.6 is 31.9 Å². The molecule has 0 saturated heterocycles. The maximum atomic E-state index is 11.1. The Balaban J connectivity index is 2.79. The Morgan fingerprint density at radius 3 is 2.50 bits per heavy atom. The van der Waals surface area contributed by atoms with Crippen molar-refractivity contribution in [1.29, 1.82) is 0 Å². The summed E-state index contributed by atoms with van der Waals surface area (Å²) >= 11 is 6.72. The van der Waals surface area contributed by atoms with Crippen LogP contribution in [-0.4, -0.2) is 21.0 Å². The van der Waals surface area contributed by atoms with E-state index in [1.54, 1.807) is 6.92 Å². The number of carbonyl (C=O) groups is 1. The minimum absolute atomic E-state index is 0.463. The van der Waals surface area contributed by atoms with Crippen molar-refractivity contribution in [2.75, 3.05) is 0 Å². The zero-order chi connectivity index (χ0) is 12.5. The van der Waals surface area contributed by atoms with Gasteiger partial charge in [-0.1, -0.05) is 0 Å². The molecule has 0 saturated carbocycles. The lowest BCUT2D eigenvalue weighted by atomic mass is 9.99. The number of aryl methyl sites for hydroxylation is 1. The summed E-state index contributed by atoms with van der Waals surface area (Å²) in [4.78, 5) is 15.3. The third-order valence-electron chi connectivity index (χ3n) is 2.48. The van der Waals surface area contributed by atoms with E-state index in [0.717, 1.165) is 15.0 Å². The van der Waals surface area contributed by atoms with E-state index in [2.05, 4.69) is 36.8 Å². The Morgan fingerprint density at radius 1 is 1.56 bits per heavy atom. The highest BCUT2D eigenvalue weighted by Crippen LogP contribution is 2.24. The maximum Gasteiger partial charge on any atom is 0.237 e. The van der Waals surface area contributed by atoms with Gasteiger partial charge in [0.2, 0.25) is 5.91 Å². The molecule has 90 valence electrons. The summed E-state index contributed by atoms with van der Waals surface area (Å²) in [5, 5.41) is 0. The van der Waals surface area contributed by atoms with E-state index in [-0.39, 0.29) is 0 Å². The van der Waals surface area contributed by atoms with Crippen LogP contribution < -0.4 is 11.5 Å². The number of imidazole rings is 1. The molecule has 0 radical (unpaired) electrons. The van der Waals surface area contributed by atoms with Crippen molar-refractivity contribution in [3.05, 3.63) is 15.0 Å². The van der Waals surface area contributed by atoms with Crippen LogP contribution in [0.1, 0.15) is 19.2 Å². The average molecular weight is 354 g/mol. The topological polar surface area (TPSA) is 86.9 Å². The predicted octanol–water partition coefficient (Wildman–Crippen LogP) is 1.31. The molecule has 0 aromatic carbocycles. The third-order valence-corrected chi connectivity index (χ3v) is 4.36. The molecule has 5 nitrogen and oxygen atoms in total. The van der Waals surface area contributed by atoms with Crippen LogP contribution in [-0.2, 0) is 11.3 Å². The Labute approximate surface area is 111 Å². The fourth-order valence-corrected chi connectivity index (χ4v) is 2.22. The van der Waals surface area contributed by atoms with E-state index in [1.165, 1.54) is 0 Å². The van der Waals surface area contributed by atoms with Crippen LogP contribution in [0, 0.1) is 6.92 Å². The summed E-state index contributed by atoms with van der Waals surface area (Å²) in [5.74, 6) is 0.347. The number of hydrogen-bond acceptors (Lipinski definition) is 3. The van der Waals surface area contributed by atoms with E-state index in [1.807, 2.05) is 11.5 Å². The molecule has 1 atom stereocenters. The van der Waals surface area contributed by atoms with E-state index in [0.29, 0.717) is 13.0 Å². The molecule has 1 unspecified atom stereocenters. The number of primary amides is 1. The number of nitrogens with two attached hydrogens (primary N) is 2. The molecule has 0 aliphatic rings. The molecule has 1 amide bonds. The van der Waals surface area contributed by atoms with Crippen LogP contribution in [0.2, 0.25) is 0 Å². The molecule has 0 bridgehead atoms. The Hall–Kier alpha value is -0.400. The molecule has 1 aromatic rings. The smallest absolute Gasteiger partial charge is 0.237 e. The van der Waals surface area contributed by atoms with Crippen molar-refractivity contribution >= 4 is 37.8 Å². The van der Waals surface area contributed by atoms with E-state index in [4.69, 9.17) is 11.5 Å². The van der Waals surface area contributed by atoms with Crippen LogP contribution in [0.4, 0.5) is 0 Å². The van der Waals surface area contributed by atoms with Gasteiger partial charge in [0.25, 0.3) is 0 Å². The van der Waals surface area contributed by atoms with Gasteiger partial charge < -0.3 is 16.0 Å². The first-order chi connectivity index (χ1) is 7.25. The molecule has 0 aliphatic heterocycles. The minimum Gasteiger partial charge on any atom is -0.368 e. The number of aromatic nitrogens is 2. The van der Waals surface area contributed by atoms with Crippen molar-refractivity contribution in [1.82, 2.24) is 9.55 Å². The number of nitrogens with zero attached hydrogens (tertiary/aromatic N) is 2. The lowest BCUT2D eigenvalue weighted by molar-refractivity contribution is -0.122. The highest BCUT2D eigenvalue weighted by atomic mass is 79.9. The molecular formula is C9H14Br2N4O. The normalized spacial score (nSPS) is 14.8. The molecule has 0 aliphatic carbocycles. The first kappa shape index (κ1) is 13.7. The molecule has 0 fully saturated rings. The van der Waals surface area contributed by atoms with Gasteiger partial charge in [-0.05, 0) is 52.1 Å². The highest BCUT2D eigenvalue weighted by molar-refractivity contribution is 9.13. The lowest BCUT2D eigenvalue weighted by Gasteiger charge is -2.21. The van der Waals surface area contributed by atoms with Crippen LogP contribution in [0.25, 0.3) is 0 Å². The van der Waals surface area contributed by atoms with Crippen molar-refractivity contribution < 1.29 is 4.79 Å². The summed E-state index contributed by atoms with van der Waals surface area (Å²) < 4.78 is 3.51. The lowest BCUT2D eigenvalue weighted by Crippen LogP contribution is -2.49. The summed E-state index contributed by atoms with van der Waals surface area (Å²) in [5.41, 5.74) is 9.99. The van der Waals surface area contributed by atoms with E-state index < -0.39 is 11.4 Å². The molecule has 1 rings (SSSR count). The van der Waals surface area contributed by atoms with Gasteiger partial charge >= 0.3 is 0 Å². The second-order valence-electron chi connectivity index (χ2n) is 3.92. The number of halogens is 2. The van der Waals surface area contributed by atoms with Crippen LogP contribution in [0.15, 0.2) is 9.21 Å². The zero-order valence-corrected chi connectivity index (χ0v) is 12.3. The van der Waals surface area contributed by atoms with Crippen LogP contribution in [0.5, 0.6) is 0 Å². The molecule has 7 heteroatoms. The SMILES string of the molecule is Cc1nc(Br)c(Br)n1CCC(C)(N)C(N)=O. The van der Waals surface area contributed by atoms with E-state index >= 15 is 0 Å². The second-order valence-corrected chi connectivity index (χ2v) is 5.43. The van der Waals surface area contributed by atoms with Crippen molar-refractivity contribution in [3.8, 4) is 0 Å². The fraction of sp³-hybridized carbons (Fsp3) is 0.556. The third kappa shape index (κ3) is 2.83. The summed E-state index contributed by atoms with van der Waals surface area (Å²) in [6.07, 6.45) is 0.463. The van der Waals surface area contributed by atoms with Gasteiger partial charge in [0.05, 0.1) is 5.54 Å². The Bertz CT molecular complexity index is 414. The number of amides is 1. The maximum absolute atomic E-state index is 11.1. The van der Waals surface area contributed by atoms with Crippen molar-refractivity contribution in [3.63, 3.8) is 0 Å². The van der Waals surface area contributed by atoms with Gasteiger partial charge in [-0.3, -0.25) is 4.79 Å². The van der Waals surface area contributed by atoms with Crippen molar-refractivity contribution in [2.24, 2.45) is 11.5 Å². The predicted molar refractivity (Wildman–Crippen MR) is 68.8 cm³/mol. The van der Waals surface area contributed by atoms with Gasteiger partial charge in [0, 0.05) is 6.54 Å². The second kappa shape index (κ2) is 4.85. The molecule has 1 heterocycles. The first-order valence-electron chi connectivity index (χ1n) is 4.72. The quantitative estimate of drug-likeness (QED) is 0.855. The van der Waals surface area contributed by atoms with Crippen molar-refractivity contribution in [2.45, 2.75) is 32.4 Å². The van der Waals surface area contributed by atoms with Gasteiger partial charge in [-0.2, -0.15) is 0 Å². The van der Waals surface area contributed by atoms with E-state index in [9.17, 15) is 4.79 Å². The average Bonchev–Trinajstić information content (AvgIpc) is 2.39. The fourth-order valence-electron chi connectivity index (χ4n) is 1.23. The summed E-state index contributed by atoms with van der Waals surface area (Å²) in [6, 6.07) is 0. The standard InChI is InChI=1S/C9H14Br2N4O/c1-5-14-6(10)7(11)15(5)4-3-9(2,13)8(12)16/h3-4,13H2,1-2H3,(H2,12,16). The number of carbonyl (C=O) groups excluding carboxylic acids is 1. The van der Waals surface area contributed by atoms with Gasteiger partial charge in [0.1, 0.15) is 15.0 Å². The molecule has 16 heavy (non-hydrogen) atoms. The van der Waals surface area contributed by atoms with Crippen LogP contribution in [0.3, 0.4) is 0 Å². The zero-order valence-electron chi connectivity index (χ0n) is 9.13. The Kier molecular flexibility index (Phi) is 4.14. The minimum atomic E-state index is -0.997. The summed E-state index contributed by atoms with van der Waals surface area (Å²) in [6.45, 7) is 4.10. The summed E-state index contributed by atoms with van der Waals surface area (Å²) in [7, 11) is 0. The molecular weight excluding hydrogens is 340 g/mol. The number of rotatable bonds is 4. The highest BCUT2D eigenvalue weighted by Gasteiger charge is 2.26. The monoisotopic (exact) mass is 352 g/mol. The van der Waals surface area contributed by atoms with Gasteiger partial charge in [0.15, 0.2) is 0 Å². The molecule has 4 N–H and O–H groups in total.